The lowest BCUT2D eigenvalue weighted by molar-refractivity contribution is -0.00807. The Balaban J connectivity index is 1.41. The second-order valence-electron chi connectivity index (χ2n) is 6.27. The Hall–Kier alpha value is -2.57. The zero-order chi connectivity index (χ0) is 17.8. The third-order valence-corrected chi connectivity index (χ3v) is 4.43. The predicted octanol–water partition coefficient (Wildman–Crippen LogP) is 3.26. The van der Waals surface area contributed by atoms with E-state index >= 15 is 0 Å². The number of para-hydroxylation sites is 2. The van der Waals surface area contributed by atoms with E-state index in [9.17, 15) is 0 Å². The first kappa shape index (κ1) is 16.9. The van der Waals surface area contributed by atoms with Gasteiger partial charge in [0.15, 0.2) is 5.58 Å². The molecule has 0 bridgehead atoms. The Morgan fingerprint density at radius 1 is 1.15 bits per heavy atom. The molecule has 0 aliphatic carbocycles. The van der Waals surface area contributed by atoms with Gasteiger partial charge in [0.1, 0.15) is 11.3 Å². The SMILES string of the molecule is COc1ccc(CO[C@H]2COCCN(c3nc4ccccc4o3)C2)cc1. The molecule has 0 spiro atoms. The van der Waals surface area contributed by atoms with Crippen LogP contribution in [0.2, 0.25) is 0 Å². The highest BCUT2D eigenvalue weighted by molar-refractivity contribution is 5.74. The Labute approximate surface area is 152 Å². The Morgan fingerprint density at radius 3 is 2.81 bits per heavy atom. The fourth-order valence-corrected chi connectivity index (χ4v) is 2.99. The maximum atomic E-state index is 6.07. The quantitative estimate of drug-likeness (QED) is 0.701. The Bertz CT molecular complexity index is 813. The number of hydrogen-bond acceptors (Lipinski definition) is 6. The van der Waals surface area contributed by atoms with Crippen LogP contribution in [0.15, 0.2) is 52.9 Å². The first-order valence-corrected chi connectivity index (χ1v) is 8.74. The summed E-state index contributed by atoms with van der Waals surface area (Å²) in [6, 6.07) is 16.3. The molecule has 0 radical (unpaired) electrons. The maximum Gasteiger partial charge on any atom is 0.298 e. The number of rotatable bonds is 5. The predicted molar refractivity (Wildman–Crippen MR) is 98.6 cm³/mol. The van der Waals surface area contributed by atoms with Gasteiger partial charge >= 0.3 is 0 Å². The lowest BCUT2D eigenvalue weighted by Crippen LogP contribution is -2.34. The summed E-state index contributed by atoms with van der Waals surface area (Å²) < 4.78 is 22.8. The summed E-state index contributed by atoms with van der Waals surface area (Å²) in [4.78, 5) is 6.67. The molecule has 0 amide bonds. The van der Waals surface area contributed by atoms with Crippen molar-refractivity contribution in [2.75, 3.05) is 38.3 Å². The minimum atomic E-state index is -0.0467. The van der Waals surface area contributed by atoms with Gasteiger partial charge in [-0.15, -0.1) is 0 Å². The van der Waals surface area contributed by atoms with E-state index in [-0.39, 0.29) is 6.10 Å². The van der Waals surface area contributed by atoms with Gasteiger partial charge in [-0.3, -0.25) is 0 Å². The van der Waals surface area contributed by atoms with Crippen LogP contribution in [-0.2, 0) is 16.1 Å². The minimum absolute atomic E-state index is 0.0467. The lowest BCUT2D eigenvalue weighted by atomic mass is 10.2. The molecule has 2 heterocycles. The third-order valence-electron chi connectivity index (χ3n) is 4.43. The van der Waals surface area contributed by atoms with Gasteiger partial charge in [0.25, 0.3) is 6.01 Å². The smallest absolute Gasteiger partial charge is 0.298 e. The summed E-state index contributed by atoms with van der Waals surface area (Å²) >= 11 is 0. The van der Waals surface area contributed by atoms with Crippen LogP contribution < -0.4 is 9.64 Å². The molecule has 1 aromatic heterocycles. The van der Waals surface area contributed by atoms with Crippen molar-refractivity contribution in [3.05, 3.63) is 54.1 Å². The van der Waals surface area contributed by atoms with Gasteiger partial charge in [-0.1, -0.05) is 24.3 Å². The van der Waals surface area contributed by atoms with Crippen LogP contribution in [0.1, 0.15) is 5.56 Å². The normalized spacial score (nSPS) is 18.0. The second kappa shape index (κ2) is 7.76. The highest BCUT2D eigenvalue weighted by Gasteiger charge is 2.23. The van der Waals surface area contributed by atoms with Crippen LogP contribution in [0.5, 0.6) is 5.75 Å². The number of fused-ring (bicyclic) bond motifs is 1. The topological polar surface area (TPSA) is 57.0 Å². The molecular formula is C20H22N2O4. The van der Waals surface area contributed by atoms with E-state index in [2.05, 4.69) is 9.88 Å². The van der Waals surface area contributed by atoms with Gasteiger partial charge in [-0.2, -0.15) is 4.98 Å². The molecule has 136 valence electrons. The molecule has 6 heteroatoms. The van der Waals surface area contributed by atoms with Crippen molar-refractivity contribution in [1.82, 2.24) is 4.98 Å². The monoisotopic (exact) mass is 354 g/mol. The van der Waals surface area contributed by atoms with Crippen LogP contribution in [0.3, 0.4) is 0 Å². The summed E-state index contributed by atoms with van der Waals surface area (Å²) in [5, 5.41) is 0. The van der Waals surface area contributed by atoms with Crippen molar-refractivity contribution in [2.45, 2.75) is 12.7 Å². The van der Waals surface area contributed by atoms with Gasteiger partial charge in [-0.05, 0) is 29.8 Å². The number of benzene rings is 2. The van der Waals surface area contributed by atoms with Crippen molar-refractivity contribution < 1.29 is 18.6 Å². The minimum Gasteiger partial charge on any atom is -0.497 e. The molecule has 0 saturated carbocycles. The van der Waals surface area contributed by atoms with E-state index in [4.69, 9.17) is 18.6 Å². The summed E-state index contributed by atoms with van der Waals surface area (Å²) in [5.74, 6) is 0.841. The average Bonchev–Trinajstić information content (AvgIpc) is 2.98. The Morgan fingerprint density at radius 2 is 2.00 bits per heavy atom. The number of nitrogens with zero attached hydrogens (tertiary/aromatic N) is 2. The molecular weight excluding hydrogens is 332 g/mol. The second-order valence-corrected chi connectivity index (χ2v) is 6.27. The molecule has 1 aliphatic heterocycles. The molecule has 1 atom stereocenters. The number of aromatic nitrogens is 1. The van der Waals surface area contributed by atoms with E-state index in [1.807, 2.05) is 48.5 Å². The lowest BCUT2D eigenvalue weighted by Gasteiger charge is -2.22. The molecule has 2 aromatic carbocycles. The molecule has 3 aromatic rings. The maximum absolute atomic E-state index is 6.07. The van der Waals surface area contributed by atoms with Crippen molar-refractivity contribution in [1.29, 1.82) is 0 Å². The number of anilines is 1. The van der Waals surface area contributed by atoms with Crippen LogP contribution in [0.25, 0.3) is 11.1 Å². The standard InChI is InChI=1S/C20H22N2O4/c1-23-16-8-6-15(7-9-16)13-25-17-12-22(10-11-24-14-17)20-21-18-4-2-3-5-19(18)26-20/h2-9,17H,10-14H2,1H3/t17-/m1/s1. The fraction of sp³-hybridized carbons (Fsp3) is 0.350. The van der Waals surface area contributed by atoms with Crippen LogP contribution in [-0.4, -0.2) is 44.5 Å². The van der Waals surface area contributed by atoms with Crippen LogP contribution >= 0.6 is 0 Å². The highest BCUT2D eigenvalue weighted by Crippen LogP contribution is 2.23. The molecule has 1 saturated heterocycles. The van der Waals surface area contributed by atoms with Crippen LogP contribution in [0.4, 0.5) is 6.01 Å². The Kier molecular flexibility index (Phi) is 5.04. The molecule has 26 heavy (non-hydrogen) atoms. The summed E-state index contributed by atoms with van der Waals surface area (Å²) in [5.41, 5.74) is 2.76. The molecule has 0 unspecified atom stereocenters. The summed E-state index contributed by atoms with van der Waals surface area (Å²) in [7, 11) is 1.66. The number of hydrogen-bond donors (Lipinski definition) is 0. The molecule has 1 fully saturated rings. The van der Waals surface area contributed by atoms with E-state index in [0.717, 1.165) is 29.0 Å². The highest BCUT2D eigenvalue weighted by atomic mass is 16.5. The van der Waals surface area contributed by atoms with E-state index < -0.39 is 0 Å². The first-order chi connectivity index (χ1) is 12.8. The molecule has 0 N–H and O–H groups in total. The molecule has 4 rings (SSSR count). The number of oxazole rings is 1. The summed E-state index contributed by atoms with van der Waals surface area (Å²) in [6.45, 7) is 3.13. The van der Waals surface area contributed by atoms with Crippen LogP contribution in [0, 0.1) is 0 Å². The van der Waals surface area contributed by atoms with Crippen molar-refractivity contribution in [3.8, 4) is 5.75 Å². The van der Waals surface area contributed by atoms with Gasteiger partial charge in [-0.25, -0.2) is 0 Å². The average molecular weight is 354 g/mol. The zero-order valence-electron chi connectivity index (χ0n) is 14.8. The van der Waals surface area contributed by atoms with Crippen molar-refractivity contribution >= 4 is 17.1 Å². The van der Waals surface area contributed by atoms with E-state index in [0.29, 0.717) is 32.4 Å². The van der Waals surface area contributed by atoms with Crippen molar-refractivity contribution in [3.63, 3.8) is 0 Å². The zero-order valence-corrected chi connectivity index (χ0v) is 14.8. The van der Waals surface area contributed by atoms with Crippen molar-refractivity contribution in [2.24, 2.45) is 0 Å². The first-order valence-electron chi connectivity index (χ1n) is 8.74. The molecule has 6 nitrogen and oxygen atoms in total. The largest absolute Gasteiger partial charge is 0.497 e. The van der Waals surface area contributed by atoms with Gasteiger partial charge in [0.05, 0.1) is 39.6 Å². The van der Waals surface area contributed by atoms with E-state index in [1.54, 1.807) is 7.11 Å². The van der Waals surface area contributed by atoms with Gasteiger partial charge < -0.3 is 23.5 Å². The fourth-order valence-electron chi connectivity index (χ4n) is 2.99. The number of ether oxygens (including phenoxy) is 3. The van der Waals surface area contributed by atoms with E-state index in [1.165, 1.54) is 0 Å². The number of methoxy groups -OCH3 is 1. The third kappa shape index (κ3) is 3.81. The van der Waals surface area contributed by atoms with Gasteiger partial charge in [0.2, 0.25) is 0 Å². The summed E-state index contributed by atoms with van der Waals surface area (Å²) in [6.07, 6.45) is -0.0467. The molecule has 1 aliphatic rings. The van der Waals surface area contributed by atoms with Gasteiger partial charge in [0, 0.05) is 6.54 Å².